The number of carboxylic acids is 1. The third kappa shape index (κ3) is 4.87. The lowest BCUT2D eigenvalue weighted by Crippen LogP contribution is -2.29. The first-order valence-electron chi connectivity index (χ1n) is 10.4. The maximum absolute atomic E-state index is 12.5. The molecule has 176 valence electrons. The smallest absolute Gasteiger partial charge is 0.337 e. The van der Waals surface area contributed by atoms with Gasteiger partial charge in [0, 0.05) is 12.0 Å². The van der Waals surface area contributed by atoms with E-state index in [0.29, 0.717) is 41.2 Å². The molecule has 0 aliphatic heterocycles. The normalized spacial score (nSPS) is 14.2. The highest BCUT2D eigenvalue weighted by molar-refractivity contribution is 5.92. The van der Waals surface area contributed by atoms with Crippen LogP contribution < -0.4 is 19.5 Å². The van der Waals surface area contributed by atoms with E-state index in [1.54, 1.807) is 25.3 Å². The van der Waals surface area contributed by atoms with Gasteiger partial charge in [-0.05, 0) is 47.7 Å². The van der Waals surface area contributed by atoms with Crippen molar-refractivity contribution in [1.82, 2.24) is 5.32 Å². The second-order valence-electron chi connectivity index (χ2n) is 7.53. The van der Waals surface area contributed by atoms with Crippen molar-refractivity contribution >= 4 is 17.8 Å². The molecule has 0 spiro atoms. The summed E-state index contributed by atoms with van der Waals surface area (Å²) in [7, 11) is 5.91. The number of ether oxygens (including phenoxy) is 4. The summed E-state index contributed by atoms with van der Waals surface area (Å²) in [6, 6.07) is 6.55. The molecule has 0 fully saturated rings. The van der Waals surface area contributed by atoms with E-state index in [0.717, 1.165) is 16.7 Å². The highest BCUT2D eigenvalue weighted by Gasteiger charge is 2.30. The van der Waals surface area contributed by atoms with E-state index in [4.69, 9.17) is 24.1 Å². The molecule has 0 aromatic heterocycles. The van der Waals surface area contributed by atoms with E-state index in [9.17, 15) is 14.4 Å². The number of carbonyl (C=O) groups excluding carboxylic acids is 2. The van der Waals surface area contributed by atoms with E-state index in [1.165, 1.54) is 21.3 Å². The number of aliphatic carboxylic acids is 1. The number of methoxy groups -OCH3 is 4. The number of esters is 1. The Balaban J connectivity index is 2.18. The van der Waals surface area contributed by atoms with Gasteiger partial charge in [-0.1, -0.05) is 6.07 Å². The van der Waals surface area contributed by atoms with E-state index in [2.05, 4.69) is 5.32 Å². The van der Waals surface area contributed by atoms with E-state index in [-0.39, 0.29) is 18.7 Å². The number of rotatable bonds is 8. The van der Waals surface area contributed by atoms with Gasteiger partial charge >= 0.3 is 11.9 Å². The van der Waals surface area contributed by atoms with Crippen LogP contribution in [0.15, 0.2) is 24.3 Å². The molecular weight excluding hydrogens is 430 g/mol. The first-order chi connectivity index (χ1) is 15.8. The Morgan fingerprint density at radius 2 is 1.73 bits per heavy atom. The van der Waals surface area contributed by atoms with Gasteiger partial charge in [-0.15, -0.1) is 0 Å². The van der Waals surface area contributed by atoms with Gasteiger partial charge < -0.3 is 29.4 Å². The van der Waals surface area contributed by atoms with Crippen molar-refractivity contribution in [3.05, 3.63) is 41.0 Å². The minimum absolute atomic E-state index is 0.143. The molecular formula is C24H27NO8. The van der Waals surface area contributed by atoms with Gasteiger partial charge in [0.25, 0.3) is 0 Å². The number of fused-ring (bicyclic) bond motifs is 3. The Kier molecular flexibility index (Phi) is 7.42. The van der Waals surface area contributed by atoms with Crippen LogP contribution in [0.5, 0.6) is 17.2 Å². The SMILES string of the molecule is COC(=O)c1ccc2c(c1)[C@@H](NC(=O)CCC(=O)O)CCc1cc(OC)c(OC)c(OC)c1-2. The Hall–Kier alpha value is -3.75. The average Bonchev–Trinajstić information content (AvgIpc) is 2.97. The Labute approximate surface area is 191 Å². The number of aryl methyl sites for hydroxylation is 1. The predicted octanol–water partition coefficient (Wildman–Crippen LogP) is 3.13. The molecule has 0 radical (unpaired) electrons. The molecule has 0 bridgehead atoms. The van der Waals surface area contributed by atoms with Crippen molar-refractivity contribution in [1.29, 1.82) is 0 Å². The maximum Gasteiger partial charge on any atom is 0.337 e. The number of benzene rings is 2. The molecule has 1 atom stereocenters. The Morgan fingerprint density at radius 1 is 1.00 bits per heavy atom. The fourth-order valence-corrected chi connectivity index (χ4v) is 4.12. The molecule has 9 nitrogen and oxygen atoms in total. The largest absolute Gasteiger partial charge is 0.493 e. The van der Waals surface area contributed by atoms with Crippen LogP contribution >= 0.6 is 0 Å². The van der Waals surface area contributed by atoms with Crippen molar-refractivity contribution in [3.8, 4) is 28.4 Å². The summed E-state index contributed by atoms with van der Waals surface area (Å²) in [6.45, 7) is 0. The second kappa shape index (κ2) is 10.2. The number of hydrogen-bond donors (Lipinski definition) is 2. The van der Waals surface area contributed by atoms with Crippen molar-refractivity contribution in [3.63, 3.8) is 0 Å². The summed E-state index contributed by atoms with van der Waals surface area (Å²) in [5.41, 5.74) is 3.51. The number of amides is 1. The molecule has 2 N–H and O–H groups in total. The fraction of sp³-hybridized carbons (Fsp3) is 0.375. The van der Waals surface area contributed by atoms with Crippen LogP contribution in [0.25, 0.3) is 11.1 Å². The molecule has 2 aromatic rings. The van der Waals surface area contributed by atoms with Crippen molar-refractivity contribution in [2.45, 2.75) is 31.7 Å². The minimum atomic E-state index is -1.05. The molecule has 3 rings (SSSR count). The summed E-state index contributed by atoms with van der Waals surface area (Å²) in [5.74, 6) is -0.495. The zero-order valence-electron chi connectivity index (χ0n) is 19.0. The van der Waals surface area contributed by atoms with Gasteiger partial charge in [-0.2, -0.15) is 0 Å². The lowest BCUT2D eigenvalue weighted by Gasteiger charge is -2.21. The first kappa shape index (κ1) is 23.9. The third-order valence-electron chi connectivity index (χ3n) is 5.63. The van der Waals surface area contributed by atoms with Crippen molar-refractivity contribution < 1.29 is 38.4 Å². The first-order valence-corrected chi connectivity index (χ1v) is 10.4. The molecule has 0 heterocycles. The summed E-state index contributed by atoms with van der Waals surface area (Å²) in [5, 5.41) is 11.8. The molecule has 33 heavy (non-hydrogen) atoms. The quantitative estimate of drug-likeness (QED) is 0.580. The van der Waals surface area contributed by atoms with E-state index < -0.39 is 18.0 Å². The topological polar surface area (TPSA) is 120 Å². The van der Waals surface area contributed by atoms with Gasteiger partial charge in [-0.3, -0.25) is 9.59 Å². The van der Waals surface area contributed by atoms with Crippen LogP contribution in [0.1, 0.15) is 46.8 Å². The molecule has 0 unspecified atom stereocenters. The fourth-order valence-electron chi connectivity index (χ4n) is 4.12. The highest BCUT2D eigenvalue weighted by Crippen LogP contribution is 2.50. The number of nitrogens with one attached hydrogen (secondary N) is 1. The van der Waals surface area contributed by atoms with Crippen LogP contribution in [0.2, 0.25) is 0 Å². The average molecular weight is 457 g/mol. The Bertz CT molecular complexity index is 1080. The molecule has 1 aliphatic rings. The number of carbonyl (C=O) groups is 3. The zero-order valence-corrected chi connectivity index (χ0v) is 19.0. The summed E-state index contributed by atoms with van der Waals surface area (Å²) < 4.78 is 21.6. The van der Waals surface area contributed by atoms with Gasteiger partial charge in [0.1, 0.15) is 0 Å². The van der Waals surface area contributed by atoms with Gasteiger partial charge in [0.05, 0.1) is 46.5 Å². The maximum atomic E-state index is 12.5. The predicted molar refractivity (Wildman–Crippen MR) is 119 cm³/mol. The van der Waals surface area contributed by atoms with E-state index >= 15 is 0 Å². The second-order valence-corrected chi connectivity index (χ2v) is 7.53. The van der Waals surface area contributed by atoms with Crippen LogP contribution in [0.4, 0.5) is 0 Å². The van der Waals surface area contributed by atoms with Gasteiger partial charge in [0.15, 0.2) is 11.5 Å². The summed E-state index contributed by atoms with van der Waals surface area (Å²) >= 11 is 0. The molecule has 1 aliphatic carbocycles. The third-order valence-corrected chi connectivity index (χ3v) is 5.63. The van der Waals surface area contributed by atoms with Gasteiger partial charge in [0.2, 0.25) is 11.7 Å². The van der Waals surface area contributed by atoms with Crippen LogP contribution in [-0.2, 0) is 20.7 Å². The van der Waals surface area contributed by atoms with E-state index in [1.807, 2.05) is 6.07 Å². The highest BCUT2D eigenvalue weighted by atomic mass is 16.5. The van der Waals surface area contributed by atoms with Crippen molar-refractivity contribution in [2.24, 2.45) is 0 Å². The van der Waals surface area contributed by atoms with Crippen LogP contribution in [0, 0.1) is 0 Å². The van der Waals surface area contributed by atoms with Crippen LogP contribution in [-0.4, -0.2) is 51.4 Å². The minimum Gasteiger partial charge on any atom is -0.493 e. The zero-order chi connectivity index (χ0) is 24.1. The van der Waals surface area contributed by atoms with Crippen molar-refractivity contribution in [2.75, 3.05) is 28.4 Å². The van der Waals surface area contributed by atoms with Crippen LogP contribution in [0.3, 0.4) is 0 Å². The number of carboxylic acid groups (broad SMARTS) is 1. The summed E-state index contributed by atoms with van der Waals surface area (Å²) in [4.78, 5) is 35.6. The lowest BCUT2D eigenvalue weighted by molar-refractivity contribution is -0.138. The lowest BCUT2D eigenvalue weighted by atomic mass is 9.92. The monoisotopic (exact) mass is 457 g/mol. The molecule has 0 saturated carbocycles. The summed E-state index contributed by atoms with van der Waals surface area (Å²) in [6.07, 6.45) is 0.673. The molecule has 2 aromatic carbocycles. The number of hydrogen-bond acceptors (Lipinski definition) is 7. The molecule has 0 saturated heterocycles. The van der Waals surface area contributed by atoms with Gasteiger partial charge in [-0.25, -0.2) is 4.79 Å². The molecule has 9 heteroatoms. The Morgan fingerprint density at radius 3 is 2.33 bits per heavy atom. The molecule has 1 amide bonds. The standard InChI is InChI=1S/C24H27NO8/c1-30-18-12-13-6-8-17(25-19(26)9-10-20(27)28)16-11-14(24(29)33-4)5-7-15(16)21(13)23(32-3)22(18)31-2/h5,7,11-12,17H,6,8-10H2,1-4H3,(H,25,26)(H,27,28)/t17-/m0/s1.